The van der Waals surface area contributed by atoms with Crippen LogP contribution in [0.25, 0.3) is 0 Å². The third-order valence-electron chi connectivity index (χ3n) is 3.39. The summed E-state index contributed by atoms with van der Waals surface area (Å²) in [6.07, 6.45) is 3.22. The van der Waals surface area contributed by atoms with Gasteiger partial charge in [0.1, 0.15) is 5.82 Å². The maximum absolute atomic E-state index is 13.5. The van der Waals surface area contributed by atoms with Gasteiger partial charge in [-0.3, -0.25) is 0 Å². The molecular weight excluding hydrogens is 291 g/mol. The first kappa shape index (κ1) is 15.7. The normalized spacial score (nSPS) is 12.2. The third-order valence-corrected chi connectivity index (χ3v) is 3.82. The molecule has 5 heteroatoms. The number of nitrogens with one attached hydrogen (secondary N) is 1. The third kappa shape index (κ3) is 4.16. The van der Waals surface area contributed by atoms with E-state index in [0.29, 0.717) is 12.3 Å². The van der Waals surface area contributed by atoms with Gasteiger partial charge in [0.2, 0.25) is 5.88 Å². The smallest absolute Gasteiger partial charge is 0.212 e. The van der Waals surface area contributed by atoms with Crippen LogP contribution >= 0.6 is 11.6 Å². The highest BCUT2D eigenvalue weighted by Crippen LogP contribution is 2.21. The zero-order valence-electron chi connectivity index (χ0n) is 12.1. The van der Waals surface area contributed by atoms with Crippen LogP contribution < -0.4 is 10.1 Å². The van der Waals surface area contributed by atoms with Gasteiger partial charge in [-0.1, -0.05) is 29.8 Å². The van der Waals surface area contributed by atoms with Crippen molar-refractivity contribution in [2.75, 3.05) is 14.2 Å². The number of likely N-dealkylation sites (N-methyl/N-ethyl adjacent to an activating group) is 1. The molecule has 0 spiro atoms. The highest BCUT2D eigenvalue weighted by atomic mass is 35.5. The number of nitrogens with zero attached hydrogens (tertiary/aromatic N) is 1. The molecule has 2 rings (SSSR count). The van der Waals surface area contributed by atoms with E-state index in [1.54, 1.807) is 19.4 Å². The predicted molar refractivity (Wildman–Crippen MR) is 82.5 cm³/mol. The fraction of sp³-hybridized carbons (Fsp3) is 0.312. The summed E-state index contributed by atoms with van der Waals surface area (Å²) in [5.41, 5.74) is 1.89. The summed E-state index contributed by atoms with van der Waals surface area (Å²) in [6, 6.07) is 8.86. The van der Waals surface area contributed by atoms with Gasteiger partial charge in [0.15, 0.2) is 0 Å². The highest BCUT2D eigenvalue weighted by Gasteiger charge is 2.13. The van der Waals surface area contributed by atoms with E-state index in [9.17, 15) is 4.39 Å². The minimum absolute atomic E-state index is 0.152. The second-order valence-electron chi connectivity index (χ2n) is 4.82. The molecule has 112 valence electrons. The molecule has 0 aliphatic rings. The second-order valence-corrected chi connectivity index (χ2v) is 5.19. The van der Waals surface area contributed by atoms with Crippen molar-refractivity contribution < 1.29 is 9.13 Å². The van der Waals surface area contributed by atoms with E-state index in [-0.39, 0.29) is 16.9 Å². The van der Waals surface area contributed by atoms with Crippen molar-refractivity contribution in [3.05, 3.63) is 58.5 Å². The molecule has 0 saturated heterocycles. The van der Waals surface area contributed by atoms with Crippen molar-refractivity contribution >= 4 is 11.6 Å². The van der Waals surface area contributed by atoms with Gasteiger partial charge in [0.05, 0.1) is 12.1 Å². The topological polar surface area (TPSA) is 34.1 Å². The Morgan fingerprint density at radius 3 is 2.71 bits per heavy atom. The molecule has 0 aliphatic heterocycles. The molecule has 21 heavy (non-hydrogen) atoms. The van der Waals surface area contributed by atoms with Crippen LogP contribution in [0.1, 0.15) is 11.1 Å². The van der Waals surface area contributed by atoms with Crippen molar-refractivity contribution in [2.45, 2.75) is 18.9 Å². The van der Waals surface area contributed by atoms with E-state index in [1.165, 1.54) is 6.07 Å². The van der Waals surface area contributed by atoms with Gasteiger partial charge in [0.25, 0.3) is 0 Å². The molecule has 0 aliphatic carbocycles. The van der Waals surface area contributed by atoms with Gasteiger partial charge in [-0.2, -0.15) is 0 Å². The molecule has 2 aromatic rings. The van der Waals surface area contributed by atoms with E-state index in [0.717, 1.165) is 17.5 Å². The summed E-state index contributed by atoms with van der Waals surface area (Å²) in [5.74, 6) is 0.211. The summed E-state index contributed by atoms with van der Waals surface area (Å²) in [4.78, 5) is 4.19. The first-order valence-corrected chi connectivity index (χ1v) is 7.11. The predicted octanol–water partition coefficient (Wildman–Crippen LogP) is 3.26. The van der Waals surface area contributed by atoms with Crippen molar-refractivity contribution in [3.63, 3.8) is 0 Å². The Bertz CT molecular complexity index is 589. The lowest BCUT2D eigenvalue weighted by Gasteiger charge is -2.17. The van der Waals surface area contributed by atoms with Gasteiger partial charge in [-0.25, -0.2) is 9.37 Å². The van der Waals surface area contributed by atoms with Crippen LogP contribution in [0.5, 0.6) is 5.88 Å². The summed E-state index contributed by atoms with van der Waals surface area (Å²) in [5, 5.41) is 3.43. The molecular formula is C16H18ClFN2O. The van der Waals surface area contributed by atoms with Crippen LogP contribution in [0.4, 0.5) is 4.39 Å². The lowest BCUT2D eigenvalue weighted by Crippen LogP contribution is -2.30. The summed E-state index contributed by atoms with van der Waals surface area (Å²) < 4.78 is 18.5. The van der Waals surface area contributed by atoms with Gasteiger partial charge in [0, 0.05) is 18.3 Å². The standard InChI is InChI=1S/C16H18ClFN2O/c1-19-13(8-11-6-7-15(21-2)20-10-11)9-12-4-3-5-14(18)16(12)17/h3-7,10,13,19H,8-9H2,1-2H3. The molecule has 1 aromatic carbocycles. The first-order valence-electron chi connectivity index (χ1n) is 6.73. The molecule has 0 fully saturated rings. The number of ether oxygens (including phenoxy) is 1. The Balaban J connectivity index is 2.07. The maximum atomic E-state index is 13.5. The number of methoxy groups -OCH3 is 1. The van der Waals surface area contributed by atoms with Crippen molar-refractivity contribution in [1.29, 1.82) is 0 Å². The zero-order valence-corrected chi connectivity index (χ0v) is 12.8. The molecule has 3 nitrogen and oxygen atoms in total. The summed E-state index contributed by atoms with van der Waals surface area (Å²) in [7, 11) is 3.47. The van der Waals surface area contributed by atoms with Crippen LogP contribution in [0, 0.1) is 5.82 Å². The minimum Gasteiger partial charge on any atom is -0.481 e. The lowest BCUT2D eigenvalue weighted by atomic mass is 10.00. The molecule has 1 atom stereocenters. The number of pyridine rings is 1. The largest absolute Gasteiger partial charge is 0.481 e. The van der Waals surface area contributed by atoms with Crippen LogP contribution in [0.3, 0.4) is 0 Å². The van der Waals surface area contributed by atoms with Crippen LogP contribution in [0.2, 0.25) is 5.02 Å². The van der Waals surface area contributed by atoms with Crippen molar-refractivity contribution in [1.82, 2.24) is 10.3 Å². The van der Waals surface area contributed by atoms with Gasteiger partial charge < -0.3 is 10.1 Å². The molecule has 0 bridgehead atoms. The van der Waals surface area contributed by atoms with E-state index in [1.807, 2.05) is 25.2 Å². The first-order chi connectivity index (χ1) is 10.1. The van der Waals surface area contributed by atoms with E-state index >= 15 is 0 Å². The zero-order chi connectivity index (χ0) is 15.2. The van der Waals surface area contributed by atoms with E-state index in [4.69, 9.17) is 16.3 Å². The molecule has 1 unspecified atom stereocenters. The number of hydrogen-bond donors (Lipinski definition) is 1. The van der Waals surface area contributed by atoms with Crippen molar-refractivity contribution in [3.8, 4) is 5.88 Å². The Morgan fingerprint density at radius 1 is 1.29 bits per heavy atom. The monoisotopic (exact) mass is 308 g/mol. The molecule has 1 N–H and O–H groups in total. The average molecular weight is 309 g/mol. The Kier molecular flexibility index (Phi) is 5.53. The maximum Gasteiger partial charge on any atom is 0.212 e. The van der Waals surface area contributed by atoms with E-state index in [2.05, 4.69) is 10.3 Å². The van der Waals surface area contributed by atoms with E-state index < -0.39 is 0 Å². The Labute approximate surface area is 129 Å². The highest BCUT2D eigenvalue weighted by molar-refractivity contribution is 6.31. The quantitative estimate of drug-likeness (QED) is 0.889. The molecule has 0 radical (unpaired) electrons. The second kappa shape index (κ2) is 7.38. The van der Waals surface area contributed by atoms with Crippen LogP contribution in [-0.2, 0) is 12.8 Å². The van der Waals surface area contributed by atoms with Crippen molar-refractivity contribution in [2.24, 2.45) is 0 Å². The number of hydrogen-bond acceptors (Lipinski definition) is 3. The van der Waals surface area contributed by atoms with Crippen LogP contribution in [-0.4, -0.2) is 25.2 Å². The number of halogens is 2. The number of rotatable bonds is 6. The fourth-order valence-corrected chi connectivity index (χ4v) is 2.39. The summed E-state index contributed by atoms with van der Waals surface area (Å²) in [6.45, 7) is 0. The number of benzene rings is 1. The Hall–Kier alpha value is -1.65. The van der Waals surface area contributed by atoms with Crippen LogP contribution in [0.15, 0.2) is 36.5 Å². The summed E-state index contributed by atoms with van der Waals surface area (Å²) >= 11 is 6.01. The molecule has 0 saturated carbocycles. The molecule has 0 amide bonds. The minimum atomic E-state index is -0.380. The SMILES string of the molecule is CNC(Cc1ccc(OC)nc1)Cc1cccc(F)c1Cl. The van der Waals surface area contributed by atoms with Gasteiger partial charge in [-0.15, -0.1) is 0 Å². The van der Waals surface area contributed by atoms with Gasteiger partial charge >= 0.3 is 0 Å². The molecule has 1 aromatic heterocycles. The Morgan fingerprint density at radius 2 is 2.10 bits per heavy atom. The lowest BCUT2D eigenvalue weighted by molar-refractivity contribution is 0.397. The number of aromatic nitrogens is 1. The average Bonchev–Trinajstić information content (AvgIpc) is 2.51. The molecule has 1 heterocycles. The van der Waals surface area contributed by atoms with Gasteiger partial charge in [-0.05, 0) is 37.1 Å². The fourth-order valence-electron chi connectivity index (χ4n) is 2.18.